The lowest BCUT2D eigenvalue weighted by Crippen LogP contribution is -2.31. The molecule has 1 aromatic carbocycles. The molecule has 1 aromatic heterocycles. The van der Waals surface area contributed by atoms with Crippen molar-refractivity contribution in [2.45, 2.75) is 19.4 Å². The largest absolute Gasteiger partial charge is 0.493 e. The number of aryl methyl sites for hydroxylation is 1. The highest BCUT2D eigenvalue weighted by Gasteiger charge is 2.23. The van der Waals surface area contributed by atoms with Crippen LogP contribution >= 0.6 is 0 Å². The lowest BCUT2D eigenvalue weighted by molar-refractivity contribution is 0.0947. The average Bonchev–Trinajstić information content (AvgIpc) is 3.33. The molecule has 0 radical (unpaired) electrons. The first kappa shape index (κ1) is 16.1. The molecule has 4 rings (SSSR count). The van der Waals surface area contributed by atoms with Gasteiger partial charge in [-0.1, -0.05) is 0 Å². The van der Waals surface area contributed by atoms with E-state index in [1.807, 2.05) is 36.1 Å². The molecule has 0 saturated carbocycles. The zero-order chi connectivity index (χ0) is 17.2. The van der Waals surface area contributed by atoms with Crippen molar-refractivity contribution in [3.05, 3.63) is 47.3 Å². The fraction of sp³-hybridized carbons (Fsp3) is 0.474. The van der Waals surface area contributed by atoms with Gasteiger partial charge in [0, 0.05) is 50.4 Å². The van der Waals surface area contributed by atoms with Crippen LogP contribution in [-0.4, -0.2) is 46.8 Å². The first-order chi connectivity index (χ1) is 12.2. The van der Waals surface area contributed by atoms with Gasteiger partial charge in [-0.2, -0.15) is 5.10 Å². The van der Waals surface area contributed by atoms with E-state index >= 15 is 0 Å². The Morgan fingerprint density at radius 2 is 2.36 bits per heavy atom. The molecule has 132 valence electrons. The van der Waals surface area contributed by atoms with Crippen LogP contribution in [0.3, 0.4) is 0 Å². The number of fused-ring (bicyclic) bond motifs is 1. The summed E-state index contributed by atoms with van der Waals surface area (Å²) in [5.41, 5.74) is 3.11. The standard InChI is InChI=1S/C19H24N4O2/c1-22-11-15(10-21-22)13-23-6-4-14(12-23)9-20-19(24)17-2-3-18-16(8-17)5-7-25-18/h2-3,8,10-11,14H,4-7,9,12-13H2,1H3,(H,20,24)/t14-/m1/s1. The zero-order valence-corrected chi connectivity index (χ0v) is 14.6. The fourth-order valence-electron chi connectivity index (χ4n) is 3.70. The highest BCUT2D eigenvalue weighted by molar-refractivity contribution is 5.94. The smallest absolute Gasteiger partial charge is 0.251 e. The van der Waals surface area contributed by atoms with Gasteiger partial charge in [0.15, 0.2) is 0 Å². The number of aromatic nitrogens is 2. The van der Waals surface area contributed by atoms with Gasteiger partial charge < -0.3 is 10.1 Å². The number of nitrogens with one attached hydrogen (secondary N) is 1. The topological polar surface area (TPSA) is 59.4 Å². The van der Waals surface area contributed by atoms with Gasteiger partial charge in [-0.25, -0.2) is 0 Å². The third-order valence-electron chi connectivity index (χ3n) is 5.04. The van der Waals surface area contributed by atoms with Crippen molar-refractivity contribution in [1.29, 1.82) is 0 Å². The van der Waals surface area contributed by atoms with E-state index in [-0.39, 0.29) is 5.91 Å². The lowest BCUT2D eigenvalue weighted by Gasteiger charge is -2.15. The molecule has 2 aliphatic heterocycles. The summed E-state index contributed by atoms with van der Waals surface area (Å²) in [6, 6.07) is 5.71. The van der Waals surface area contributed by atoms with E-state index in [0.717, 1.165) is 62.5 Å². The maximum absolute atomic E-state index is 12.4. The number of hydrogen-bond acceptors (Lipinski definition) is 4. The molecule has 3 heterocycles. The van der Waals surface area contributed by atoms with Crippen molar-refractivity contribution in [2.24, 2.45) is 13.0 Å². The lowest BCUT2D eigenvalue weighted by atomic mass is 10.1. The Bertz CT molecular complexity index is 771. The number of hydrogen-bond donors (Lipinski definition) is 1. The number of benzene rings is 1. The summed E-state index contributed by atoms with van der Waals surface area (Å²) >= 11 is 0. The van der Waals surface area contributed by atoms with Crippen molar-refractivity contribution < 1.29 is 9.53 Å². The number of rotatable bonds is 5. The zero-order valence-electron chi connectivity index (χ0n) is 14.6. The molecule has 0 aliphatic carbocycles. The minimum Gasteiger partial charge on any atom is -0.493 e. The fourth-order valence-corrected chi connectivity index (χ4v) is 3.70. The molecule has 1 N–H and O–H groups in total. The van der Waals surface area contributed by atoms with Crippen LogP contribution in [0, 0.1) is 5.92 Å². The molecular weight excluding hydrogens is 316 g/mol. The monoisotopic (exact) mass is 340 g/mol. The van der Waals surface area contributed by atoms with Crippen molar-refractivity contribution in [3.8, 4) is 5.75 Å². The van der Waals surface area contributed by atoms with Crippen LogP contribution < -0.4 is 10.1 Å². The Kier molecular flexibility index (Phi) is 4.44. The van der Waals surface area contributed by atoms with Gasteiger partial charge >= 0.3 is 0 Å². The second kappa shape index (κ2) is 6.88. The van der Waals surface area contributed by atoms with E-state index in [4.69, 9.17) is 4.74 Å². The van der Waals surface area contributed by atoms with Gasteiger partial charge in [-0.05, 0) is 42.6 Å². The van der Waals surface area contributed by atoms with Gasteiger partial charge in [0.2, 0.25) is 0 Å². The van der Waals surface area contributed by atoms with E-state index in [1.165, 1.54) is 5.56 Å². The summed E-state index contributed by atoms with van der Waals surface area (Å²) in [5.74, 6) is 1.44. The van der Waals surface area contributed by atoms with Crippen LogP contribution in [0.4, 0.5) is 0 Å². The van der Waals surface area contributed by atoms with Crippen LogP contribution in [0.25, 0.3) is 0 Å². The summed E-state index contributed by atoms with van der Waals surface area (Å²) < 4.78 is 7.33. The molecule has 0 spiro atoms. The number of carbonyl (C=O) groups is 1. The van der Waals surface area contributed by atoms with E-state index in [9.17, 15) is 4.79 Å². The average molecular weight is 340 g/mol. The minimum atomic E-state index is 0.0143. The second-order valence-corrected chi connectivity index (χ2v) is 7.04. The summed E-state index contributed by atoms with van der Waals surface area (Å²) in [6.07, 6.45) is 6.00. The number of ether oxygens (including phenoxy) is 1. The second-order valence-electron chi connectivity index (χ2n) is 7.04. The van der Waals surface area contributed by atoms with E-state index in [1.54, 1.807) is 0 Å². The Balaban J connectivity index is 1.26. The molecule has 2 aromatic rings. The molecule has 0 bridgehead atoms. The first-order valence-electron chi connectivity index (χ1n) is 8.91. The van der Waals surface area contributed by atoms with E-state index in [0.29, 0.717) is 5.92 Å². The molecule has 2 aliphatic rings. The maximum Gasteiger partial charge on any atom is 0.251 e. The molecule has 0 unspecified atom stereocenters. The van der Waals surface area contributed by atoms with Gasteiger partial charge in [-0.3, -0.25) is 14.4 Å². The SMILES string of the molecule is Cn1cc(CN2CC[C@H](CNC(=O)c3ccc4c(c3)CCO4)C2)cn1. The summed E-state index contributed by atoms with van der Waals surface area (Å²) in [4.78, 5) is 14.8. The van der Waals surface area contributed by atoms with Gasteiger partial charge in [0.25, 0.3) is 5.91 Å². The molecular formula is C19H24N4O2. The van der Waals surface area contributed by atoms with Crippen molar-refractivity contribution in [3.63, 3.8) is 0 Å². The van der Waals surface area contributed by atoms with E-state index in [2.05, 4.69) is 21.5 Å². The summed E-state index contributed by atoms with van der Waals surface area (Å²) in [6.45, 7) is 4.48. The molecule has 1 atom stereocenters. The number of likely N-dealkylation sites (tertiary alicyclic amines) is 1. The van der Waals surface area contributed by atoms with Crippen molar-refractivity contribution in [2.75, 3.05) is 26.2 Å². The maximum atomic E-state index is 12.4. The van der Waals surface area contributed by atoms with Crippen molar-refractivity contribution >= 4 is 5.91 Å². The van der Waals surface area contributed by atoms with Crippen LogP contribution in [0.5, 0.6) is 5.75 Å². The van der Waals surface area contributed by atoms with Crippen LogP contribution in [-0.2, 0) is 20.0 Å². The summed E-state index contributed by atoms with van der Waals surface area (Å²) in [5, 5.41) is 7.32. The van der Waals surface area contributed by atoms with Gasteiger partial charge in [-0.15, -0.1) is 0 Å². The molecule has 25 heavy (non-hydrogen) atoms. The molecule has 6 heteroatoms. The quantitative estimate of drug-likeness (QED) is 0.898. The Morgan fingerprint density at radius 1 is 1.44 bits per heavy atom. The van der Waals surface area contributed by atoms with Crippen LogP contribution in [0.15, 0.2) is 30.6 Å². The Morgan fingerprint density at radius 3 is 3.20 bits per heavy atom. The minimum absolute atomic E-state index is 0.0143. The van der Waals surface area contributed by atoms with Crippen LogP contribution in [0.1, 0.15) is 27.9 Å². The highest BCUT2D eigenvalue weighted by atomic mass is 16.5. The third-order valence-corrected chi connectivity index (χ3v) is 5.04. The summed E-state index contributed by atoms with van der Waals surface area (Å²) in [7, 11) is 1.94. The number of nitrogens with zero attached hydrogens (tertiary/aromatic N) is 3. The van der Waals surface area contributed by atoms with Gasteiger partial charge in [0.05, 0.1) is 12.8 Å². The van der Waals surface area contributed by atoms with Crippen LogP contribution in [0.2, 0.25) is 0 Å². The third kappa shape index (κ3) is 3.69. The van der Waals surface area contributed by atoms with E-state index < -0.39 is 0 Å². The normalized spacial score (nSPS) is 19.6. The van der Waals surface area contributed by atoms with Gasteiger partial charge in [0.1, 0.15) is 5.75 Å². The predicted molar refractivity (Wildman–Crippen MR) is 94.6 cm³/mol. The predicted octanol–water partition coefficient (Wildman–Crippen LogP) is 1.61. The Hall–Kier alpha value is -2.34. The molecule has 6 nitrogen and oxygen atoms in total. The number of amides is 1. The number of carbonyl (C=O) groups excluding carboxylic acids is 1. The molecule has 1 amide bonds. The molecule has 1 fully saturated rings. The Labute approximate surface area is 147 Å². The van der Waals surface area contributed by atoms with Crippen molar-refractivity contribution in [1.82, 2.24) is 20.0 Å². The first-order valence-corrected chi connectivity index (χ1v) is 8.91. The molecule has 1 saturated heterocycles. The highest BCUT2D eigenvalue weighted by Crippen LogP contribution is 2.26.